The number of benzene rings is 2. The number of hydrogen-bond acceptors (Lipinski definition) is 4. The van der Waals surface area contributed by atoms with Crippen LogP contribution in [0.15, 0.2) is 54.6 Å². The molecule has 1 N–H and O–H groups in total. The summed E-state index contributed by atoms with van der Waals surface area (Å²) in [6.45, 7) is 1.73. The molecule has 0 radical (unpaired) electrons. The van der Waals surface area contributed by atoms with Crippen molar-refractivity contribution in [1.29, 1.82) is 0 Å². The summed E-state index contributed by atoms with van der Waals surface area (Å²) in [5.74, 6) is 0.700. The van der Waals surface area contributed by atoms with E-state index in [1.54, 1.807) is 38.2 Å². The second-order valence-electron chi connectivity index (χ2n) is 5.63. The van der Waals surface area contributed by atoms with Crippen LogP contribution in [0.25, 0.3) is 0 Å². The maximum atomic E-state index is 12.8. The van der Waals surface area contributed by atoms with Crippen LogP contribution in [0.1, 0.15) is 16.3 Å². The molecule has 1 heterocycles. The van der Waals surface area contributed by atoms with Crippen molar-refractivity contribution >= 4 is 46.3 Å². The van der Waals surface area contributed by atoms with Crippen molar-refractivity contribution in [1.82, 2.24) is 9.97 Å². The highest BCUT2D eigenvalue weighted by molar-refractivity contribution is 6.35. The minimum atomic E-state index is -0.234. The molecule has 0 aliphatic rings. The number of hydrogen-bond donors (Lipinski definition) is 1. The molecule has 132 valence electrons. The lowest BCUT2D eigenvalue weighted by Crippen LogP contribution is -2.27. The first-order valence-electron chi connectivity index (χ1n) is 7.85. The Bertz CT molecular complexity index is 948. The Hall–Kier alpha value is -2.63. The molecule has 3 rings (SSSR count). The number of carbonyl (C=O) groups excluding carboxylic acids is 1. The molecule has 0 saturated carbocycles. The Labute approximate surface area is 161 Å². The summed E-state index contributed by atoms with van der Waals surface area (Å²) in [6, 6.07) is 16.0. The van der Waals surface area contributed by atoms with E-state index in [-0.39, 0.29) is 11.6 Å². The number of aromatic nitrogens is 2. The lowest BCUT2D eigenvalue weighted by molar-refractivity contribution is 0.0988. The predicted molar refractivity (Wildman–Crippen MR) is 106 cm³/mol. The summed E-state index contributed by atoms with van der Waals surface area (Å²) in [5.41, 5.74) is 1.66. The molecule has 7 heteroatoms. The van der Waals surface area contributed by atoms with E-state index in [0.29, 0.717) is 27.4 Å². The Morgan fingerprint density at radius 2 is 1.77 bits per heavy atom. The summed E-state index contributed by atoms with van der Waals surface area (Å²) in [5, 5.41) is 4.13. The van der Waals surface area contributed by atoms with Gasteiger partial charge in [-0.3, -0.25) is 4.79 Å². The third kappa shape index (κ3) is 4.12. The quantitative estimate of drug-likeness (QED) is 0.676. The number of nitrogens with zero attached hydrogens (tertiary/aromatic N) is 3. The van der Waals surface area contributed by atoms with Crippen molar-refractivity contribution in [2.24, 2.45) is 0 Å². The van der Waals surface area contributed by atoms with Gasteiger partial charge in [-0.1, -0.05) is 41.4 Å². The van der Waals surface area contributed by atoms with E-state index >= 15 is 0 Å². The molecule has 0 aliphatic heterocycles. The molecule has 0 atom stereocenters. The zero-order valence-electron chi connectivity index (χ0n) is 14.2. The highest BCUT2D eigenvalue weighted by atomic mass is 35.5. The number of nitrogens with one attached hydrogen (secondary N) is 1. The highest BCUT2D eigenvalue weighted by Crippen LogP contribution is 2.28. The van der Waals surface area contributed by atoms with Crippen molar-refractivity contribution in [2.75, 3.05) is 17.3 Å². The van der Waals surface area contributed by atoms with Gasteiger partial charge in [-0.05, 0) is 37.3 Å². The van der Waals surface area contributed by atoms with E-state index in [2.05, 4.69) is 15.3 Å². The first-order valence-corrected chi connectivity index (χ1v) is 8.60. The van der Waals surface area contributed by atoms with Gasteiger partial charge in [-0.2, -0.15) is 0 Å². The van der Waals surface area contributed by atoms with Crippen molar-refractivity contribution in [3.63, 3.8) is 0 Å². The molecule has 26 heavy (non-hydrogen) atoms. The van der Waals surface area contributed by atoms with E-state index in [0.717, 1.165) is 5.69 Å². The molecule has 0 unspecified atom stereocenters. The SMILES string of the molecule is Cc1nc(Nc2cc(Cl)ccc2Cl)cc(C(=O)N(C)c2ccccc2)n1. The topological polar surface area (TPSA) is 58.1 Å². The first-order chi connectivity index (χ1) is 12.4. The zero-order chi connectivity index (χ0) is 18.7. The van der Waals surface area contributed by atoms with Crippen LogP contribution in [0.2, 0.25) is 10.0 Å². The van der Waals surface area contributed by atoms with Gasteiger partial charge in [0.1, 0.15) is 17.3 Å². The normalized spacial score (nSPS) is 10.5. The summed E-state index contributed by atoms with van der Waals surface area (Å²) in [7, 11) is 1.70. The van der Waals surface area contributed by atoms with Gasteiger partial charge in [0.2, 0.25) is 0 Å². The molecule has 1 amide bonds. The number of carbonyl (C=O) groups is 1. The second kappa shape index (κ2) is 7.72. The fourth-order valence-electron chi connectivity index (χ4n) is 2.41. The molecular formula is C19H16Cl2N4O. The van der Waals surface area contributed by atoms with E-state index in [1.807, 2.05) is 30.3 Å². The molecule has 0 aliphatic carbocycles. The number of rotatable bonds is 4. The van der Waals surface area contributed by atoms with Crippen LogP contribution in [-0.4, -0.2) is 22.9 Å². The van der Waals surface area contributed by atoms with Crippen LogP contribution in [0, 0.1) is 6.92 Å². The molecule has 3 aromatic rings. The fourth-order valence-corrected chi connectivity index (χ4v) is 2.75. The van der Waals surface area contributed by atoms with E-state index in [9.17, 15) is 4.79 Å². The minimum absolute atomic E-state index is 0.234. The number of para-hydroxylation sites is 1. The van der Waals surface area contributed by atoms with Gasteiger partial charge in [-0.25, -0.2) is 9.97 Å². The average Bonchev–Trinajstić information content (AvgIpc) is 2.64. The Balaban J connectivity index is 1.90. The third-order valence-corrected chi connectivity index (χ3v) is 4.26. The van der Waals surface area contributed by atoms with E-state index in [1.165, 1.54) is 4.90 Å². The lowest BCUT2D eigenvalue weighted by atomic mass is 10.2. The number of halogens is 2. The fraction of sp³-hybridized carbons (Fsp3) is 0.105. The second-order valence-corrected chi connectivity index (χ2v) is 6.48. The molecule has 0 saturated heterocycles. The van der Waals surface area contributed by atoms with Gasteiger partial charge in [0.15, 0.2) is 0 Å². The monoisotopic (exact) mass is 386 g/mol. The van der Waals surface area contributed by atoms with Crippen LogP contribution < -0.4 is 10.2 Å². The smallest absolute Gasteiger partial charge is 0.276 e. The van der Waals surface area contributed by atoms with E-state index < -0.39 is 0 Å². The van der Waals surface area contributed by atoms with Crippen molar-refractivity contribution in [2.45, 2.75) is 6.92 Å². The third-order valence-electron chi connectivity index (χ3n) is 3.70. The number of anilines is 3. The van der Waals surface area contributed by atoms with Crippen LogP contribution in [0.4, 0.5) is 17.2 Å². The van der Waals surface area contributed by atoms with Crippen LogP contribution >= 0.6 is 23.2 Å². The number of amides is 1. The van der Waals surface area contributed by atoms with Gasteiger partial charge in [0, 0.05) is 23.8 Å². The van der Waals surface area contributed by atoms with E-state index in [4.69, 9.17) is 23.2 Å². The maximum absolute atomic E-state index is 12.8. The molecule has 2 aromatic carbocycles. The standard InChI is InChI=1S/C19H16Cl2N4O/c1-12-22-17(19(26)25(2)14-6-4-3-5-7-14)11-18(23-12)24-16-10-13(20)8-9-15(16)21/h3-11H,1-2H3,(H,22,23,24). The zero-order valence-corrected chi connectivity index (χ0v) is 15.7. The van der Waals surface area contributed by atoms with Gasteiger partial charge in [0.05, 0.1) is 10.7 Å². The number of aryl methyl sites for hydroxylation is 1. The summed E-state index contributed by atoms with van der Waals surface area (Å²) >= 11 is 12.2. The van der Waals surface area contributed by atoms with Crippen molar-refractivity contribution < 1.29 is 4.79 Å². The van der Waals surface area contributed by atoms with Crippen molar-refractivity contribution in [3.05, 3.63) is 76.2 Å². The van der Waals surface area contributed by atoms with Crippen molar-refractivity contribution in [3.8, 4) is 0 Å². The Morgan fingerprint density at radius 3 is 2.50 bits per heavy atom. The maximum Gasteiger partial charge on any atom is 0.276 e. The Kier molecular flexibility index (Phi) is 5.40. The van der Waals surface area contributed by atoms with Crippen LogP contribution in [0.5, 0.6) is 0 Å². The van der Waals surface area contributed by atoms with Gasteiger partial charge in [0.25, 0.3) is 5.91 Å². The summed E-state index contributed by atoms with van der Waals surface area (Å²) < 4.78 is 0. The molecule has 5 nitrogen and oxygen atoms in total. The molecule has 0 fully saturated rings. The molecule has 0 spiro atoms. The lowest BCUT2D eigenvalue weighted by Gasteiger charge is -2.17. The van der Waals surface area contributed by atoms with Crippen LogP contribution in [-0.2, 0) is 0 Å². The van der Waals surface area contributed by atoms with Gasteiger partial charge in [-0.15, -0.1) is 0 Å². The predicted octanol–water partition coefficient (Wildman–Crippen LogP) is 5.11. The average molecular weight is 387 g/mol. The largest absolute Gasteiger partial charge is 0.339 e. The summed E-state index contributed by atoms with van der Waals surface area (Å²) in [6.07, 6.45) is 0. The van der Waals surface area contributed by atoms with Crippen LogP contribution in [0.3, 0.4) is 0 Å². The molecule has 1 aromatic heterocycles. The minimum Gasteiger partial charge on any atom is -0.339 e. The molecule has 0 bridgehead atoms. The highest BCUT2D eigenvalue weighted by Gasteiger charge is 2.17. The molecular weight excluding hydrogens is 371 g/mol. The first kappa shape index (κ1) is 18.2. The van der Waals surface area contributed by atoms with Gasteiger partial charge >= 0.3 is 0 Å². The van der Waals surface area contributed by atoms with Gasteiger partial charge < -0.3 is 10.2 Å². The summed E-state index contributed by atoms with van der Waals surface area (Å²) in [4.78, 5) is 22.9. The Morgan fingerprint density at radius 1 is 1.04 bits per heavy atom.